The summed E-state index contributed by atoms with van der Waals surface area (Å²) in [7, 11) is 0. The standard InChI is InChI=1S/C7H5N.C7H6O/c2*8-6-7-4-2-1-3-5-7/h1-5H;1-6H. The average Bonchev–Trinajstić information content (AvgIpc) is 2.41. The first-order chi connectivity index (χ1) is 7.86. The number of rotatable bonds is 1. The molecule has 78 valence electrons. The molecule has 0 fully saturated rings. The zero-order chi connectivity index (χ0) is 11.6. The molecule has 0 atom stereocenters. The number of hydrogen-bond acceptors (Lipinski definition) is 2. The van der Waals surface area contributed by atoms with Crippen molar-refractivity contribution < 1.29 is 4.79 Å². The number of nitriles is 1. The molecule has 0 aliphatic carbocycles. The van der Waals surface area contributed by atoms with Crippen LogP contribution < -0.4 is 0 Å². The minimum atomic E-state index is 0.715. The van der Waals surface area contributed by atoms with E-state index in [0.717, 1.165) is 11.8 Å². The van der Waals surface area contributed by atoms with Crippen molar-refractivity contribution >= 4 is 6.29 Å². The van der Waals surface area contributed by atoms with E-state index in [0.29, 0.717) is 5.56 Å². The summed E-state index contributed by atoms with van der Waals surface area (Å²) in [4.78, 5) is 10.0. The number of benzene rings is 2. The van der Waals surface area contributed by atoms with Crippen LogP contribution in [0.15, 0.2) is 60.7 Å². The van der Waals surface area contributed by atoms with Crippen LogP contribution in [0.1, 0.15) is 15.9 Å². The minimum absolute atomic E-state index is 0.715. The van der Waals surface area contributed by atoms with E-state index in [9.17, 15) is 4.79 Å². The molecule has 0 aliphatic heterocycles. The van der Waals surface area contributed by atoms with Crippen LogP contribution in [-0.4, -0.2) is 6.29 Å². The molecule has 0 bridgehead atoms. The predicted molar refractivity (Wildman–Crippen MR) is 63.0 cm³/mol. The number of aldehydes is 1. The molecule has 0 N–H and O–H groups in total. The van der Waals surface area contributed by atoms with Gasteiger partial charge in [-0.2, -0.15) is 5.26 Å². The Morgan fingerprint density at radius 1 is 0.875 bits per heavy atom. The lowest BCUT2D eigenvalue weighted by molar-refractivity contribution is 0.112. The van der Waals surface area contributed by atoms with Crippen LogP contribution in [0.5, 0.6) is 0 Å². The first-order valence-corrected chi connectivity index (χ1v) is 4.82. The molecular weight excluding hydrogens is 198 g/mol. The van der Waals surface area contributed by atoms with Crippen LogP contribution in [-0.2, 0) is 0 Å². The van der Waals surface area contributed by atoms with Crippen molar-refractivity contribution in [1.29, 1.82) is 5.26 Å². The zero-order valence-corrected chi connectivity index (χ0v) is 8.71. The van der Waals surface area contributed by atoms with Crippen molar-refractivity contribution in [2.24, 2.45) is 0 Å². The van der Waals surface area contributed by atoms with Crippen molar-refractivity contribution in [3.8, 4) is 6.07 Å². The average molecular weight is 209 g/mol. The lowest BCUT2D eigenvalue weighted by Gasteiger charge is -1.81. The molecule has 0 aromatic heterocycles. The summed E-state index contributed by atoms with van der Waals surface area (Å²) < 4.78 is 0. The van der Waals surface area contributed by atoms with E-state index in [-0.39, 0.29) is 0 Å². The predicted octanol–water partition coefficient (Wildman–Crippen LogP) is 3.06. The Morgan fingerprint density at radius 3 is 1.69 bits per heavy atom. The quantitative estimate of drug-likeness (QED) is 0.677. The van der Waals surface area contributed by atoms with E-state index in [1.807, 2.05) is 42.5 Å². The monoisotopic (exact) mass is 209 g/mol. The van der Waals surface area contributed by atoms with Gasteiger partial charge in [-0.15, -0.1) is 0 Å². The van der Waals surface area contributed by atoms with Crippen LogP contribution in [0, 0.1) is 11.3 Å². The molecule has 16 heavy (non-hydrogen) atoms. The van der Waals surface area contributed by atoms with Gasteiger partial charge in [0, 0.05) is 5.56 Å². The first-order valence-electron chi connectivity index (χ1n) is 4.82. The second-order valence-corrected chi connectivity index (χ2v) is 3.01. The summed E-state index contributed by atoms with van der Waals surface area (Å²) in [5.74, 6) is 0. The Kier molecular flexibility index (Phi) is 5.08. The molecule has 0 saturated heterocycles. The van der Waals surface area contributed by atoms with E-state index >= 15 is 0 Å². The Bertz CT molecular complexity index is 457. The topological polar surface area (TPSA) is 40.9 Å². The lowest BCUT2D eigenvalue weighted by Crippen LogP contribution is -1.73. The van der Waals surface area contributed by atoms with E-state index in [2.05, 4.69) is 0 Å². The SMILES string of the molecule is N#Cc1ccccc1.O=Cc1ccccc1. The molecule has 2 rings (SSSR count). The summed E-state index contributed by atoms with van der Waals surface area (Å²) in [6.45, 7) is 0. The molecule has 0 radical (unpaired) electrons. The maximum Gasteiger partial charge on any atom is 0.150 e. The maximum absolute atomic E-state index is 10.0. The smallest absolute Gasteiger partial charge is 0.150 e. The van der Waals surface area contributed by atoms with Crippen molar-refractivity contribution in [3.63, 3.8) is 0 Å². The summed E-state index contributed by atoms with van der Waals surface area (Å²) in [6, 6.07) is 20.3. The second kappa shape index (κ2) is 6.97. The molecule has 2 aromatic rings. The minimum Gasteiger partial charge on any atom is -0.298 e. The van der Waals surface area contributed by atoms with Crippen LogP contribution in [0.3, 0.4) is 0 Å². The third-order valence-electron chi connectivity index (χ3n) is 1.84. The molecule has 2 heteroatoms. The maximum atomic E-state index is 10.0. The van der Waals surface area contributed by atoms with Gasteiger partial charge in [-0.05, 0) is 12.1 Å². The van der Waals surface area contributed by atoms with Gasteiger partial charge in [0.05, 0.1) is 11.6 Å². The molecule has 0 heterocycles. The van der Waals surface area contributed by atoms with Gasteiger partial charge in [-0.25, -0.2) is 0 Å². The van der Waals surface area contributed by atoms with Gasteiger partial charge in [0.25, 0.3) is 0 Å². The molecule has 2 nitrogen and oxygen atoms in total. The number of carbonyl (C=O) groups is 1. The Morgan fingerprint density at radius 2 is 1.38 bits per heavy atom. The largest absolute Gasteiger partial charge is 0.298 e. The first kappa shape index (κ1) is 11.7. The lowest BCUT2D eigenvalue weighted by atomic mass is 10.2. The zero-order valence-electron chi connectivity index (χ0n) is 8.71. The van der Waals surface area contributed by atoms with Crippen LogP contribution in [0.4, 0.5) is 0 Å². The van der Waals surface area contributed by atoms with E-state index in [1.165, 1.54) is 0 Å². The van der Waals surface area contributed by atoms with Gasteiger partial charge in [0.1, 0.15) is 6.29 Å². The van der Waals surface area contributed by atoms with Crippen molar-refractivity contribution in [3.05, 3.63) is 71.8 Å². The van der Waals surface area contributed by atoms with Gasteiger partial charge in [-0.3, -0.25) is 4.79 Å². The van der Waals surface area contributed by atoms with Gasteiger partial charge < -0.3 is 0 Å². The molecule has 0 unspecified atom stereocenters. The highest BCUT2D eigenvalue weighted by molar-refractivity contribution is 5.74. The fourth-order valence-electron chi connectivity index (χ4n) is 1.04. The fraction of sp³-hybridized carbons (Fsp3) is 0. The van der Waals surface area contributed by atoms with Gasteiger partial charge in [0.2, 0.25) is 0 Å². The summed E-state index contributed by atoms with van der Waals surface area (Å²) in [6.07, 6.45) is 0.833. The van der Waals surface area contributed by atoms with E-state index < -0.39 is 0 Å². The van der Waals surface area contributed by atoms with Crippen LogP contribution in [0.25, 0.3) is 0 Å². The highest BCUT2D eigenvalue weighted by atomic mass is 16.1. The van der Waals surface area contributed by atoms with E-state index in [4.69, 9.17) is 5.26 Å². The summed E-state index contributed by atoms with van der Waals surface area (Å²) >= 11 is 0. The Labute approximate surface area is 94.8 Å². The number of nitrogens with zero attached hydrogens (tertiary/aromatic N) is 1. The summed E-state index contributed by atoms with van der Waals surface area (Å²) in [5.41, 5.74) is 1.44. The van der Waals surface area contributed by atoms with Gasteiger partial charge >= 0.3 is 0 Å². The summed E-state index contributed by atoms with van der Waals surface area (Å²) in [5, 5.41) is 8.29. The van der Waals surface area contributed by atoms with Crippen LogP contribution in [0.2, 0.25) is 0 Å². The fourth-order valence-corrected chi connectivity index (χ4v) is 1.04. The Hall–Kier alpha value is -2.40. The molecular formula is C14H11NO. The van der Waals surface area contributed by atoms with Crippen molar-refractivity contribution in [1.82, 2.24) is 0 Å². The van der Waals surface area contributed by atoms with Gasteiger partial charge in [0.15, 0.2) is 0 Å². The number of carbonyl (C=O) groups excluding carboxylic acids is 1. The molecule has 0 spiro atoms. The molecule has 0 saturated carbocycles. The van der Waals surface area contributed by atoms with Crippen molar-refractivity contribution in [2.75, 3.05) is 0 Å². The van der Waals surface area contributed by atoms with Crippen LogP contribution >= 0.6 is 0 Å². The molecule has 2 aromatic carbocycles. The Balaban J connectivity index is 0.000000160. The van der Waals surface area contributed by atoms with E-state index in [1.54, 1.807) is 24.3 Å². The molecule has 0 aliphatic rings. The highest BCUT2D eigenvalue weighted by Gasteiger charge is 1.80. The second-order valence-electron chi connectivity index (χ2n) is 3.01. The van der Waals surface area contributed by atoms with Crippen molar-refractivity contribution in [2.45, 2.75) is 0 Å². The third kappa shape index (κ3) is 4.21. The normalized spacial score (nSPS) is 8.19. The highest BCUT2D eigenvalue weighted by Crippen LogP contribution is 1.93. The third-order valence-corrected chi connectivity index (χ3v) is 1.84. The van der Waals surface area contributed by atoms with Gasteiger partial charge in [-0.1, -0.05) is 48.5 Å². The molecule has 0 amide bonds. The number of hydrogen-bond donors (Lipinski definition) is 0.